The number of piperidine rings is 1. The fourth-order valence-electron chi connectivity index (χ4n) is 2.67. The zero-order valence-corrected chi connectivity index (χ0v) is 14.3. The summed E-state index contributed by atoms with van der Waals surface area (Å²) in [7, 11) is 1.18. The normalized spacial score (nSPS) is 23.6. The second-order valence-corrected chi connectivity index (χ2v) is 7.02. The summed E-state index contributed by atoms with van der Waals surface area (Å²) in [6.45, 7) is 9.67. The van der Waals surface area contributed by atoms with E-state index < -0.39 is 29.4 Å². The van der Waals surface area contributed by atoms with Crippen LogP contribution in [0.3, 0.4) is 0 Å². The van der Waals surface area contributed by atoms with Crippen LogP contribution in [0.4, 0.5) is 4.79 Å². The van der Waals surface area contributed by atoms with E-state index in [0.717, 1.165) is 6.42 Å². The van der Waals surface area contributed by atoms with Crippen LogP contribution in [-0.4, -0.2) is 48.0 Å². The minimum Gasteiger partial charge on any atom is -0.463 e. The van der Waals surface area contributed by atoms with Gasteiger partial charge >= 0.3 is 12.1 Å². The summed E-state index contributed by atoms with van der Waals surface area (Å²) in [6.07, 6.45) is 1.09. The molecule has 1 aliphatic heterocycles. The highest BCUT2D eigenvalue weighted by atomic mass is 16.6. The van der Waals surface area contributed by atoms with Gasteiger partial charge in [0.25, 0.3) is 0 Å². The fraction of sp³-hybridized carbons (Fsp3) is 0.812. The van der Waals surface area contributed by atoms with Crippen LogP contribution in [0.2, 0.25) is 0 Å². The van der Waals surface area contributed by atoms with Gasteiger partial charge < -0.3 is 14.4 Å². The number of hydrogen-bond donors (Lipinski definition) is 0. The molecule has 0 N–H and O–H groups in total. The Bertz CT molecular complexity index is 440. The van der Waals surface area contributed by atoms with E-state index in [0.29, 0.717) is 18.9 Å². The Balaban J connectivity index is 2.92. The number of hydrogen-bond acceptors (Lipinski definition) is 5. The van der Waals surface area contributed by atoms with E-state index in [1.165, 1.54) is 7.11 Å². The summed E-state index contributed by atoms with van der Waals surface area (Å²) in [4.78, 5) is 37.5. The third kappa shape index (κ3) is 4.71. The molecule has 6 nitrogen and oxygen atoms in total. The van der Waals surface area contributed by atoms with E-state index in [1.54, 1.807) is 32.6 Å². The number of methoxy groups -OCH3 is 1. The standard InChI is InChI=1S/C16H27NO5/c1-10-7-8-17(15(20)22-16(3,4)5)12(9-10)11(2)13(18)14(19)21-6/h10-12H,7-9H2,1-6H3. The van der Waals surface area contributed by atoms with E-state index >= 15 is 0 Å². The molecule has 6 heteroatoms. The van der Waals surface area contributed by atoms with E-state index in [9.17, 15) is 14.4 Å². The number of carbonyl (C=O) groups excluding carboxylic acids is 3. The first kappa shape index (κ1) is 18.5. The number of rotatable bonds is 3. The van der Waals surface area contributed by atoms with Crippen LogP contribution in [0.15, 0.2) is 0 Å². The van der Waals surface area contributed by atoms with Crippen LogP contribution in [0.1, 0.15) is 47.5 Å². The van der Waals surface area contributed by atoms with Crippen LogP contribution in [-0.2, 0) is 19.1 Å². The van der Waals surface area contributed by atoms with E-state index in [2.05, 4.69) is 11.7 Å². The van der Waals surface area contributed by atoms with Gasteiger partial charge in [0, 0.05) is 18.5 Å². The van der Waals surface area contributed by atoms with Gasteiger partial charge in [-0.15, -0.1) is 0 Å². The summed E-state index contributed by atoms with van der Waals surface area (Å²) in [6, 6.07) is -0.342. The molecule has 22 heavy (non-hydrogen) atoms. The molecule has 0 aromatic heterocycles. The Morgan fingerprint density at radius 3 is 2.32 bits per heavy atom. The van der Waals surface area contributed by atoms with Crippen molar-refractivity contribution in [3.8, 4) is 0 Å². The summed E-state index contributed by atoms with van der Waals surface area (Å²) in [5.74, 6) is -1.69. The molecular formula is C16H27NO5. The van der Waals surface area contributed by atoms with Crippen molar-refractivity contribution in [3.05, 3.63) is 0 Å². The van der Waals surface area contributed by atoms with E-state index in [-0.39, 0.29) is 6.04 Å². The highest BCUT2D eigenvalue weighted by Crippen LogP contribution is 2.29. The Labute approximate surface area is 132 Å². The van der Waals surface area contributed by atoms with Gasteiger partial charge in [0.15, 0.2) is 0 Å². The maximum atomic E-state index is 12.4. The number of likely N-dealkylation sites (tertiary alicyclic amines) is 1. The average Bonchev–Trinajstić information content (AvgIpc) is 2.42. The highest BCUT2D eigenvalue weighted by molar-refractivity contribution is 6.34. The monoisotopic (exact) mass is 313 g/mol. The number of ketones is 1. The molecule has 1 amide bonds. The van der Waals surface area contributed by atoms with Gasteiger partial charge in [-0.25, -0.2) is 9.59 Å². The smallest absolute Gasteiger partial charge is 0.410 e. The summed E-state index contributed by atoms with van der Waals surface area (Å²) >= 11 is 0. The molecule has 1 saturated heterocycles. The predicted octanol–water partition coefficient (Wildman–Crippen LogP) is 2.40. The first-order chi connectivity index (χ1) is 10.1. The van der Waals surface area contributed by atoms with Gasteiger partial charge in [-0.05, 0) is 39.5 Å². The highest BCUT2D eigenvalue weighted by Gasteiger charge is 2.40. The molecule has 0 radical (unpaired) electrons. The first-order valence-corrected chi connectivity index (χ1v) is 7.68. The lowest BCUT2D eigenvalue weighted by Gasteiger charge is -2.41. The van der Waals surface area contributed by atoms with Crippen molar-refractivity contribution < 1.29 is 23.9 Å². The number of amides is 1. The molecule has 126 valence electrons. The third-order valence-corrected chi connectivity index (χ3v) is 3.91. The molecule has 0 aliphatic carbocycles. The Morgan fingerprint density at radius 2 is 1.82 bits per heavy atom. The Kier molecular flexibility index (Phi) is 5.97. The van der Waals surface area contributed by atoms with Crippen molar-refractivity contribution in [3.63, 3.8) is 0 Å². The Morgan fingerprint density at radius 1 is 1.23 bits per heavy atom. The maximum Gasteiger partial charge on any atom is 0.410 e. The third-order valence-electron chi connectivity index (χ3n) is 3.91. The van der Waals surface area contributed by atoms with Gasteiger partial charge in [-0.1, -0.05) is 13.8 Å². The molecule has 1 rings (SSSR count). The first-order valence-electron chi connectivity index (χ1n) is 7.68. The molecule has 0 aromatic carbocycles. The van der Waals surface area contributed by atoms with Crippen molar-refractivity contribution in [2.75, 3.05) is 13.7 Å². The number of ether oxygens (including phenoxy) is 2. The predicted molar refractivity (Wildman–Crippen MR) is 81.3 cm³/mol. The van der Waals surface area contributed by atoms with Gasteiger partial charge in [-0.2, -0.15) is 0 Å². The lowest BCUT2D eigenvalue weighted by Crippen LogP contribution is -2.52. The largest absolute Gasteiger partial charge is 0.463 e. The molecule has 3 unspecified atom stereocenters. The number of nitrogens with zero attached hydrogens (tertiary/aromatic N) is 1. The zero-order chi connectivity index (χ0) is 17.1. The topological polar surface area (TPSA) is 72.9 Å². The van der Waals surface area contributed by atoms with Crippen molar-refractivity contribution in [2.24, 2.45) is 11.8 Å². The minimum atomic E-state index is -0.866. The van der Waals surface area contributed by atoms with E-state index in [1.807, 2.05) is 0 Å². The van der Waals surface area contributed by atoms with Crippen LogP contribution in [0.5, 0.6) is 0 Å². The average molecular weight is 313 g/mol. The van der Waals surface area contributed by atoms with Crippen LogP contribution >= 0.6 is 0 Å². The van der Waals surface area contributed by atoms with E-state index in [4.69, 9.17) is 4.74 Å². The van der Waals surface area contributed by atoms with Crippen LogP contribution in [0, 0.1) is 11.8 Å². The van der Waals surface area contributed by atoms with Gasteiger partial charge in [0.2, 0.25) is 5.78 Å². The summed E-state index contributed by atoms with van der Waals surface area (Å²) in [5.41, 5.74) is -0.597. The molecule has 0 aromatic rings. The lowest BCUT2D eigenvalue weighted by molar-refractivity contribution is -0.154. The molecule has 0 spiro atoms. The number of Topliss-reactive ketones (excluding diaryl/α,β-unsaturated/α-hetero) is 1. The lowest BCUT2D eigenvalue weighted by atomic mass is 9.84. The van der Waals surface area contributed by atoms with Gasteiger partial charge in [-0.3, -0.25) is 4.79 Å². The summed E-state index contributed by atoms with van der Waals surface area (Å²) in [5, 5.41) is 0. The van der Waals surface area contributed by atoms with Crippen molar-refractivity contribution in [2.45, 2.75) is 59.1 Å². The molecule has 1 aliphatic rings. The van der Waals surface area contributed by atoms with Crippen molar-refractivity contribution in [1.82, 2.24) is 4.90 Å². The molecule has 3 atom stereocenters. The van der Waals surface area contributed by atoms with Crippen LogP contribution < -0.4 is 0 Å². The second-order valence-electron chi connectivity index (χ2n) is 7.02. The SMILES string of the molecule is COC(=O)C(=O)C(C)C1CC(C)CCN1C(=O)OC(C)(C)C. The molecule has 0 bridgehead atoms. The number of carbonyl (C=O) groups is 3. The second kappa shape index (κ2) is 7.11. The van der Waals surface area contributed by atoms with Crippen molar-refractivity contribution >= 4 is 17.8 Å². The molecular weight excluding hydrogens is 286 g/mol. The van der Waals surface area contributed by atoms with Crippen LogP contribution in [0.25, 0.3) is 0 Å². The fourth-order valence-corrected chi connectivity index (χ4v) is 2.67. The molecule has 1 fully saturated rings. The number of esters is 1. The van der Waals surface area contributed by atoms with Crippen molar-refractivity contribution in [1.29, 1.82) is 0 Å². The quantitative estimate of drug-likeness (QED) is 0.591. The van der Waals surface area contributed by atoms with Gasteiger partial charge in [0.1, 0.15) is 5.60 Å². The zero-order valence-electron chi connectivity index (χ0n) is 14.3. The maximum absolute atomic E-state index is 12.4. The minimum absolute atomic E-state index is 0.342. The van der Waals surface area contributed by atoms with Gasteiger partial charge in [0.05, 0.1) is 7.11 Å². The summed E-state index contributed by atoms with van der Waals surface area (Å²) < 4.78 is 9.92. The Hall–Kier alpha value is -1.59. The molecule has 1 heterocycles. The molecule has 0 saturated carbocycles.